The fraction of sp³-hybridized carbons (Fsp3) is 0.500. The van der Waals surface area contributed by atoms with Gasteiger partial charge in [-0.2, -0.15) is 0 Å². The number of aliphatic hydroxyl groups is 1. The SMILES string of the molecule is OC(CNCc1cccc2c1NCC2)C(F)F. The predicted molar refractivity (Wildman–Crippen MR) is 62.4 cm³/mol. The number of para-hydroxylation sites is 1. The van der Waals surface area contributed by atoms with Gasteiger partial charge in [-0.15, -0.1) is 0 Å². The first-order chi connectivity index (χ1) is 8.18. The molecule has 3 nitrogen and oxygen atoms in total. The maximum absolute atomic E-state index is 12.1. The Balaban J connectivity index is 1.90. The number of benzene rings is 1. The van der Waals surface area contributed by atoms with Crippen molar-refractivity contribution < 1.29 is 13.9 Å². The third-order valence-corrected chi connectivity index (χ3v) is 2.89. The van der Waals surface area contributed by atoms with Gasteiger partial charge in [0.15, 0.2) is 0 Å². The Morgan fingerprint density at radius 1 is 1.41 bits per heavy atom. The molecule has 0 saturated carbocycles. The normalized spacial score (nSPS) is 15.8. The van der Waals surface area contributed by atoms with Crippen molar-refractivity contribution in [3.8, 4) is 0 Å². The largest absolute Gasteiger partial charge is 0.386 e. The fourth-order valence-corrected chi connectivity index (χ4v) is 2.00. The smallest absolute Gasteiger partial charge is 0.265 e. The average Bonchev–Trinajstić information content (AvgIpc) is 2.77. The molecular formula is C12H16F2N2O. The van der Waals surface area contributed by atoms with Gasteiger partial charge in [-0.25, -0.2) is 8.78 Å². The van der Waals surface area contributed by atoms with Crippen molar-refractivity contribution in [1.29, 1.82) is 0 Å². The second kappa shape index (κ2) is 5.42. The highest BCUT2D eigenvalue weighted by Gasteiger charge is 2.17. The fourth-order valence-electron chi connectivity index (χ4n) is 2.00. The molecule has 0 aromatic heterocycles. The van der Waals surface area contributed by atoms with Crippen molar-refractivity contribution in [1.82, 2.24) is 5.32 Å². The molecule has 2 rings (SSSR count). The summed E-state index contributed by atoms with van der Waals surface area (Å²) in [5.74, 6) is 0. The highest BCUT2D eigenvalue weighted by Crippen LogP contribution is 2.26. The first-order valence-electron chi connectivity index (χ1n) is 5.70. The summed E-state index contributed by atoms with van der Waals surface area (Å²) in [6.07, 6.45) is -3.29. The molecule has 94 valence electrons. The lowest BCUT2D eigenvalue weighted by molar-refractivity contribution is -0.00340. The van der Waals surface area contributed by atoms with Crippen LogP contribution in [0.3, 0.4) is 0 Å². The van der Waals surface area contributed by atoms with Crippen molar-refractivity contribution >= 4 is 5.69 Å². The first-order valence-corrected chi connectivity index (χ1v) is 5.70. The molecule has 0 radical (unpaired) electrons. The van der Waals surface area contributed by atoms with E-state index in [4.69, 9.17) is 5.11 Å². The van der Waals surface area contributed by atoms with E-state index in [1.54, 1.807) is 0 Å². The van der Waals surface area contributed by atoms with Crippen molar-refractivity contribution in [2.75, 3.05) is 18.4 Å². The topological polar surface area (TPSA) is 44.3 Å². The van der Waals surface area contributed by atoms with Gasteiger partial charge in [0.1, 0.15) is 6.10 Å². The number of aliphatic hydroxyl groups excluding tert-OH is 1. The van der Waals surface area contributed by atoms with Crippen LogP contribution in [0.4, 0.5) is 14.5 Å². The van der Waals surface area contributed by atoms with E-state index < -0.39 is 12.5 Å². The van der Waals surface area contributed by atoms with Crippen LogP contribution in [0.15, 0.2) is 18.2 Å². The Bertz CT molecular complexity index is 385. The molecule has 5 heteroatoms. The molecule has 1 aromatic rings. The molecule has 1 atom stereocenters. The van der Waals surface area contributed by atoms with Crippen LogP contribution in [0, 0.1) is 0 Å². The van der Waals surface area contributed by atoms with Crippen molar-refractivity contribution in [2.24, 2.45) is 0 Å². The van der Waals surface area contributed by atoms with Crippen LogP contribution in [-0.4, -0.2) is 30.7 Å². The van der Waals surface area contributed by atoms with Crippen LogP contribution in [0.1, 0.15) is 11.1 Å². The van der Waals surface area contributed by atoms with E-state index in [1.165, 1.54) is 5.56 Å². The van der Waals surface area contributed by atoms with Crippen molar-refractivity contribution in [2.45, 2.75) is 25.5 Å². The van der Waals surface area contributed by atoms with Crippen LogP contribution in [0.25, 0.3) is 0 Å². The summed E-state index contributed by atoms with van der Waals surface area (Å²) >= 11 is 0. The Labute approximate surface area is 98.8 Å². The Hall–Kier alpha value is -1.20. The van der Waals surface area contributed by atoms with Crippen molar-refractivity contribution in [3.05, 3.63) is 29.3 Å². The minimum atomic E-state index is -2.69. The Morgan fingerprint density at radius 2 is 2.24 bits per heavy atom. The molecule has 1 aliphatic rings. The summed E-state index contributed by atoms with van der Waals surface area (Å²) in [4.78, 5) is 0. The molecule has 0 aliphatic carbocycles. The number of halogens is 2. The maximum atomic E-state index is 12.1. The summed E-state index contributed by atoms with van der Waals surface area (Å²) in [6, 6.07) is 5.98. The van der Waals surface area contributed by atoms with E-state index in [2.05, 4.69) is 16.7 Å². The van der Waals surface area contributed by atoms with Gasteiger partial charge in [0.25, 0.3) is 6.43 Å². The number of alkyl halides is 2. The molecule has 1 aromatic carbocycles. The lowest BCUT2D eigenvalue weighted by Crippen LogP contribution is -2.31. The van der Waals surface area contributed by atoms with Crippen LogP contribution in [0.5, 0.6) is 0 Å². The van der Waals surface area contributed by atoms with E-state index in [1.807, 2.05) is 12.1 Å². The number of anilines is 1. The van der Waals surface area contributed by atoms with Crippen LogP contribution >= 0.6 is 0 Å². The summed E-state index contributed by atoms with van der Waals surface area (Å²) in [6.45, 7) is 1.31. The predicted octanol–water partition coefficient (Wildman–Crippen LogP) is 1.37. The third-order valence-electron chi connectivity index (χ3n) is 2.89. The van der Waals surface area contributed by atoms with E-state index in [-0.39, 0.29) is 6.54 Å². The van der Waals surface area contributed by atoms with E-state index in [9.17, 15) is 8.78 Å². The summed E-state index contributed by atoms with van der Waals surface area (Å²) < 4.78 is 24.1. The quantitative estimate of drug-likeness (QED) is 0.730. The zero-order valence-corrected chi connectivity index (χ0v) is 9.42. The number of hydrogen-bond donors (Lipinski definition) is 3. The van der Waals surface area contributed by atoms with E-state index in [0.29, 0.717) is 6.54 Å². The zero-order chi connectivity index (χ0) is 12.3. The third kappa shape index (κ3) is 2.92. The lowest BCUT2D eigenvalue weighted by Gasteiger charge is -2.13. The van der Waals surface area contributed by atoms with Crippen LogP contribution in [0.2, 0.25) is 0 Å². The van der Waals surface area contributed by atoms with Crippen molar-refractivity contribution in [3.63, 3.8) is 0 Å². The van der Waals surface area contributed by atoms with E-state index in [0.717, 1.165) is 24.2 Å². The molecule has 1 aliphatic heterocycles. The Morgan fingerprint density at radius 3 is 3.00 bits per heavy atom. The number of hydrogen-bond acceptors (Lipinski definition) is 3. The minimum Gasteiger partial charge on any atom is -0.386 e. The van der Waals surface area contributed by atoms with Gasteiger partial charge in [-0.1, -0.05) is 18.2 Å². The molecule has 0 bridgehead atoms. The standard InChI is InChI=1S/C12H16F2N2O/c13-12(14)10(17)7-15-6-9-3-1-2-8-4-5-16-11(8)9/h1-3,10,12,15-17H,4-7H2. The summed E-state index contributed by atoms with van der Waals surface area (Å²) in [5.41, 5.74) is 3.42. The lowest BCUT2D eigenvalue weighted by atomic mass is 10.1. The van der Waals surface area contributed by atoms with Gasteiger partial charge in [-0.3, -0.25) is 0 Å². The van der Waals surface area contributed by atoms with Gasteiger partial charge >= 0.3 is 0 Å². The summed E-state index contributed by atoms with van der Waals surface area (Å²) in [5, 5.41) is 15.1. The molecule has 1 unspecified atom stereocenters. The maximum Gasteiger partial charge on any atom is 0.265 e. The Kier molecular flexibility index (Phi) is 3.91. The molecule has 17 heavy (non-hydrogen) atoms. The molecule has 1 heterocycles. The molecule has 0 amide bonds. The van der Waals surface area contributed by atoms with Gasteiger partial charge < -0.3 is 15.7 Å². The zero-order valence-electron chi connectivity index (χ0n) is 9.42. The molecule has 0 fully saturated rings. The monoisotopic (exact) mass is 242 g/mol. The molecule has 3 N–H and O–H groups in total. The average molecular weight is 242 g/mol. The van der Waals surface area contributed by atoms with Crippen LogP contribution in [-0.2, 0) is 13.0 Å². The highest BCUT2D eigenvalue weighted by atomic mass is 19.3. The second-order valence-corrected chi connectivity index (χ2v) is 4.16. The van der Waals surface area contributed by atoms with Gasteiger partial charge in [0.05, 0.1) is 0 Å². The van der Waals surface area contributed by atoms with Crippen LogP contribution < -0.4 is 10.6 Å². The minimum absolute atomic E-state index is 0.0959. The number of nitrogens with one attached hydrogen (secondary N) is 2. The number of rotatable bonds is 5. The highest BCUT2D eigenvalue weighted by molar-refractivity contribution is 5.61. The molecular weight excluding hydrogens is 226 g/mol. The first kappa shape index (κ1) is 12.3. The second-order valence-electron chi connectivity index (χ2n) is 4.16. The van der Waals surface area contributed by atoms with Gasteiger partial charge in [0, 0.05) is 25.3 Å². The summed E-state index contributed by atoms with van der Waals surface area (Å²) in [7, 11) is 0. The van der Waals surface area contributed by atoms with Gasteiger partial charge in [-0.05, 0) is 17.5 Å². The van der Waals surface area contributed by atoms with E-state index >= 15 is 0 Å². The number of fused-ring (bicyclic) bond motifs is 1. The molecule has 0 saturated heterocycles. The van der Waals surface area contributed by atoms with Gasteiger partial charge in [0.2, 0.25) is 0 Å². The molecule has 0 spiro atoms.